The molecule has 2 rings (SSSR count). The number of hydrogen-bond acceptors (Lipinski definition) is 0. The van der Waals surface area contributed by atoms with Gasteiger partial charge in [-0.1, -0.05) is 136 Å². The minimum Gasteiger partial charge on any atom is -0.0654 e. The molecule has 26 heavy (non-hydrogen) atoms. The summed E-state index contributed by atoms with van der Waals surface area (Å²) < 4.78 is 0. The van der Waals surface area contributed by atoms with Crippen molar-refractivity contribution in [3.05, 3.63) is 0 Å². The van der Waals surface area contributed by atoms with E-state index in [9.17, 15) is 0 Å². The Bertz CT molecular complexity index is 304. The van der Waals surface area contributed by atoms with E-state index in [1.54, 1.807) is 64.2 Å². The molecule has 0 amide bonds. The van der Waals surface area contributed by atoms with E-state index in [2.05, 4.69) is 13.8 Å². The van der Waals surface area contributed by atoms with Crippen molar-refractivity contribution in [1.82, 2.24) is 0 Å². The van der Waals surface area contributed by atoms with Gasteiger partial charge in [0.05, 0.1) is 0 Å². The van der Waals surface area contributed by atoms with Crippen molar-refractivity contribution in [1.29, 1.82) is 0 Å². The van der Waals surface area contributed by atoms with Crippen LogP contribution < -0.4 is 0 Å². The van der Waals surface area contributed by atoms with Gasteiger partial charge in [-0.2, -0.15) is 0 Å². The molecule has 0 aromatic carbocycles. The molecule has 2 aliphatic rings. The van der Waals surface area contributed by atoms with Crippen LogP contribution in [0.5, 0.6) is 0 Å². The maximum absolute atomic E-state index is 2.33. The monoisotopic (exact) mass is 362 g/mol. The molecule has 0 atom stereocenters. The highest BCUT2D eigenvalue weighted by molar-refractivity contribution is 4.79. The third kappa shape index (κ3) is 9.27. The average Bonchev–Trinajstić information content (AvgIpc) is 2.68. The molecule has 0 radical (unpaired) electrons. The van der Waals surface area contributed by atoms with E-state index in [0.29, 0.717) is 0 Å². The zero-order valence-electron chi connectivity index (χ0n) is 18.5. The van der Waals surface area contributed by atoms with Gasteiger partial charge in [0.25, 0.3) is 0 Å². The third-order valence-electron chi connectivity index (χ3n) is 7.78. The fourth-order valence-corrected chi connectivity index (χ4v) is 5.88. The summed E-state index contributed by atoms with van der Waals surface area (Å²) in [5.74, 6) is 4.37. The van der Waals surface area contributed by atoms with E-state index in [1.165, 1.54) is 64.2 Å². The highest BCUT2D eigenvalue weighted by Crippen LogP contribution is 2.40. The molecule has 0 heterocycles. The predicted octanol–water partition coefficient (Wildman–Crippen LogP) is 9.32. The van der Waals surface area contributed by atoms with Gasteiger partial charge in [-0.05, 0) is 30.1 Å². The Balaban J connectivity index is 1.48. The van der Waals surface area contributed by atoms with Crippen molar-refractivity contribution in [3.63, 3.8) is 0 Å². The molecule has 2 saturated carbocycles. The Morgan fingerprint density at radius 2 is 0.769 bits per heavy atom. The van der Waals surface area contributed by atoms with Gasteiger partial charge in [0.1, 0.15) is 0 Å². The zero-order valence-corrected chi connectivity index (χ0v) is 18.5. The summed E-state index contributed by atoms with van der Waals surface area (Å²) in [5.41, 5.74) is 0. The van der Waals surface area contributed by atoms with Crippen molar-refractivity contribution in [2.75, 3.05) is 0 Å². The molecule has 0 aromatic heterocycles. The van der Waals surface area contributed by atoms with Crippen LogP contribution in [0.2, 0.25) is 0 Å². The first-order chi connectivity index (χ1) is 12.8. The SMILES string of the molecule is CCCCCCCC1CCC(C[C@H]2CC[C@H](CCCCCC)CC2)CC1. The van der Waals surface area contributed by atoms with Gasteiger partial charge in [-0.25, -0.2) is 0 Å². The summed E-state index contributed by atoms with van der Waals surface area (Å²) in [7, 11) is 0. The van der Waals surface area contributed by atoms with E-state index in [1.807, 2.05) is 0 Å². The minimum absolute atomic E-state index is 1.09. The maximum atomic E-state index is 2.33. The lowest BCUT2D eigenvalue weighted by Gasteiger charge is -2.34. The van der Waals surface area contributed by atoms with Crippen LogP contribution in [-0.4, -0.2) is 0 Å². The fraction of sp³-hybridized carbons (Fsp3) is 1.00. The van der Waals surface area contributed by atoms with Crippen LogP contribution >= 0.6 is 0 Å². The first kappa shape index (κ1) is 22.3. The summed E-state index contributed by atoms with van der Waals surface area (Å²) >= 11 is 0. The summed E-state index contributed by atoms with van der Waals surface area (Å²) in [6, 6.07) is 0. The Morgan fingerprint density at radius 1 is 0.423 bits per heavy atom. The van der Waals surface area contributed by atoms with Crippen LogP contribution in [-0.2, 0) is 0 Å². The van der Waals surface area contributed by atoms with Crippen LogP contribution in [0.1, 0.15) is 142 Å². The van der Waals surface area contributed by atoms with Crippen molar-refractivity contribution >= 4 is 0 Å². The maximum Gasteiger partial charge on any atom is -0.0411 e. The fourth-order valence-electron chi connectivity index (χ4n) is 5.88. The molecule has 2 fully saturated rings. The minimum atomic E-state index is 1.09. The van der Waals surface area contributed by atoms with E-state index in [0.717, 1.165) is 23.7 Å². The second-order valence-corrected chi connectivity index (χ2v) is 10.1. The van der Waals surface area contributed by atoms with Gasteiger partial charge < -0.3 is 0 Å². The zero-order chi connectivity index (χ0) is 18.5. The Hall–Kier alpha value is 0. The van der Waals surface area contributed by atoms with Crippen LogP contribution in [0.25, 0.3) is 0 Å². The number of hydrogen-bond donors (Lipinski definition) is 0. The number of unbranched alkanes of at least 4 members (excludes halogenated alkanes) is 7. The van der Waals surface area contributed by atoms with Gasteiger partial charge in [0, 0.05) is 0 Å². The molecule has 0 spiro atoms. The van der Waals surface area contributed by atoms with E-state index in [-0.39, 0.29) is 0 Å². The molecular weight excluding hydrogens is 312 g/mol. The lowest BCUT2D eigenvalue weighted by molar-refractivity contribution is 0.182. The highest BCUT2D eigenvalue weighted by Gasteiger charge is 2.26. The summed E-state index contributed by atoms with van der Waals surface area (Å²) in [6.45, 7) is 4.65. The molecule has 154 valence electrons. The largest absolute Gasteiger partial charge is 0.0654 e. The summed E-state index contributed by atoms with van der Waals surface area (Å²) in [6.07, 6.45) is 30.3. The van der Waals surface area contributed by atoms with E-state index >= 15 is 0 Å². The summed E-state index contributed by atoms with van der Waals surface area (Å²) in [4.78, 5) is 0. The topological polar surface area (TPSA) is 0 Å². The molecular formula is C26H50. The second-order valence-electron chi connectivity index (χ2n) is 10.1. The molecule has 0 aliphatic heterocycles. The molecule has 2 aliphatic carbocycles. The van der Waals surface area contributed by atoms with Crippen LogP contribution in [0.4, 0.5) is 0 Å². The number of rotatable bonds is 13. The molecule has 0 N–H and O–H groups in total. The molecule has 0 aromatic rings. The molecule has 0 nitrogen and oxygen atoms in total. The lowest BCUT2D eigenvalue weighted by atomic mass is 9.72. The van der Waals surface area contributed by atoms with Gasteiger partial charge in [-0.3, -0.25) is 0 Å². The normalized spacial score (nSPS) is 29.8. The molecule has 0 heteroatoms. The molecule has 0 unspecified atom stereocenters. The Kier molecular flexibility index (Phi) is 12.1. The highest BCUT2D eigenvalue weighted by atomic mass is 14.3. The third-order valence-corrected chi connectivity index (χ3v) is 7.78. The Labute approximate surface area is 166 Å². The van der Waals surface area contributed by atoms with Gasteiger partial charge in [0.15, 0.2) is 0 Å². The van der Waals surface area contributed by atoms with Crippen LogP contribution in [0.15, 0.2) is 0 Å². The quantitative estimate of drug-likeness (QED) is 0.286. The van der Waals surface area contributed by atoms with Gasteiger partial charge >= 0.3 is 0 Å². The van der Waals surface area contributed by atoms with E-state index < -0.39 is 0 Å². The Morgan fingerprint density at radius 3 is 1.19 bits per heavy atom. The van der Waals surface area contributed by atoms with Crippen LogP contribution in [0, 0.1) is 23.7 Å². The van der Waals surface area contributed by atoms with Gasteiger partial charge in [0.2, 0.25) is 0 Å². The molecule has 0 saturated heterocycles. The van der Waals surface area contributed by atoms with Crippen molar-refractivity contribution in [2.45, 2.75) is 142 Å². The first-order valence-electron chi connectivity index (χ1n) is 12.8. The van der Waals surface area contributed by atoms with E-state index in [4.69, 9.17) is 0 Å². The standard InChI is InChI=1S/C26H50/c1-3-5-7-9-11-13-24-16-20-26(21-17-24)22-25-18-14-23(15-19-25)12-10-8-6-4-2/h23-26H,3-22H2,1-2H3/t23-,24?,25-,26?. The van der Waals surface area contributed by atoms with Gasteiger partial charge in [-0.15, -0.1) is 0 Å². The van der Waals surface area contributed by atoms with Crippen molar-refractivity contribution in [3.8, 4) is 0 Å². The van der Waals surface area contributed by atoms with Crippen LogP contribution in [0.3, 0.4) is 0 Å². The van der Waals surface area contributed by atoms with Crippen molar-refractivity contribution in [2.24, 2.45) is 23.7 Å². The summed E-state index contributed by atoms with van der Waals surface area (Å²) in [5, 5.41) is 0. The molecule has 0 bridgehead atoms. The lowest BCUT2D eigenvalue weighted by Crippen LogP contribution is -2.21. The first-order valence-corrected chi connectivity index (χ1v) is 12.8. The van der Waals surface area contributed by atoms with Crippen molar-refractivity contribution < 1.29 is 0 Å². The average molecular weight is 363 g/mol. The second kappa shape index (κ2) is 14.1. The predicted molar refractivity (Wildman–Crippen MR) is 118 cm³/mol. The smallest absolute Gasteiger partial charge is 0.0411 e.